The summed E-state index contributed by atoms with van der Waals surface area (Å²) in [6.45, 7) is -0.332. The van der Waals surface area contributed by atoms with E-state index in [0.29, 0.717) is 11.2 Å². The highest BCUT2D eigenvalue weighted by molar-refractivity contribution is 7.46. The lowest BCUT2D eigenvalue weighted by Gasteiger charge is -2.17. The maximum absolute atomic E-state index is 10.7. The van der Waals surface area contributed by atoms with E-state index < -0.39 is 26.3 Å². The summed E-state index contributed by atoms with van der Waals surface area (Å²) < 4.78 is 22.2. The molecule has 1 saturated heterocycles. The number of hydrogen-bond acceptors (Lipinski definition) is 8. The van der Waals surface area contributed by atoms with Gasteiger partial charge in [0.15, 0.2) is 17.7 Å². The molecule has 0 bridgehead atoms. The maximum atomic E-state index is 10.7. The predicted molar refractivity (Wildman–Crippen MR) is 72.3 cm³/mol. The Bertz CT molecular complexity index is 732. The summed E-state index contributed by atoms with van der Waals surface area (Å²) in [6.07, 6.45) is 0.472. The van der Waals surface area contributed by atoms with Crippen molar-refractivity contribution in [3.05, 3.63) is 12.7 Å². The number of nitrogens with zero attached hydrogens (tertiary/aromatic N) is 4. The highest BCUT2D eigenvalue weighted by Crippen LogP contribution is 2.38. The Hall–Kier alpha value is -1.62. The second-order valence-electron chi connectivity index (χ2n) is 4.82. The lowest BCUT2D eigenvalue weighted by molar-refractivity contribution is -0.0481. The number of anilines is 1. The SMILES string of the molecule is Nc1ncnc2c1ncn2[C@@H]1O[C@H](COP(=O)(O)O)C[C@H]1O. The Morgan fingerprint density at radius 3 is 2.95 bits per heavy atom. The summed E-state index contributed by atoms with van der Waals surface area (Å²) in [5, 5.41) is 10.1. The van der Waals surface area contributed by atoms with Crippen molar-refractivity contribution in [1.82, 2.24) is 19.5 Å². The molecule has 120 valence electrons. The van der Waals surface area contributed by atoms with Gasteiger partial charge in [-0.25, -0.2) is 19.5 Å². The Labute approximate surface area is 124 Å². The molecule has 2 aromatic rings. The molecular formula is C10H14N5O6P. The number of rotatable bonds is 4. The Balaban J connectivity index is 1.80. The van der Waals surface area contributed by atoms with Crippen molar-refractivity contribution in [1.29, 1.82) is 0 Å². The number of ether oxygens (including phenoxy) is 1. The van der Waals surface area contributed by atoms with E-state index in [1.807, 2.05) is 0 Å². The van der Waals surface area contributed by atoms with Crippen LogP contribution in [0.25, 0.3) is 11.2 Å². The number of hydrogen-bond donors (Lipinski definition) is 4. The zero-order valence-corrected chi connectivity index (χ0v) is 12.1. The van der Waals surface area contributed by atoms with Crippen LogP contribution in [0.5, 0.6) is 0 Å². The van der Waals surface area contributed by atoms with Crippen LogP contribution in [0.2, 0.25) is 0 Å². The van der Waals surface area contributed by atoms with Crippen LogP contribution in [0.1, 0.15) is 12.6 Å². The number of phosphoric acid groups is 1. The van der Waals surface area contributed by atoms with Gasteiger partial charge in [-0.15, -0.1) is 0 Å². The number of imidazole rings is 1. The summed E-state index contributed by atoms with van der Waals surface area (Å²) in [4.78, 5) is 29.3. The first kappa shape index (κ1) is 15.3. The van der Waals surface area contributed by atoms with Crippen LogP contribution in [0.4, 0.5) is 5.82 Å². The van der Waals surface area contributed by atoms with Gasteiger partial charge in [0.1, 0.15) is 17.9 Å². The Kier molecular flexibility index (Phi) is 3.85. The predicted octanol–water partition coefficient (Wildman–Crippen LogP) is -0.834. The molecule has 3 heterocycles. The lowest BCUT2D eigenvalue weighted by Crippen LogP contribution is -2.19. The van der Waals surface area contributed by atoms with Crippen LogP contribution in [-0.2, 0) is 13.8 Å². The fourth-order valence-corrected chi connectivity index (χ4v) is 2.68. The average Bonchev–Trinajstić information content (AvgIpc) is 3.00. The molecule has 1 fully saturated rings. The second kappa shape index (κ2) is 5.54. The number of nitrogens with two attached hydrogens (primary N) is 1. The molecule has 3 rings (SSSR count). The normalized spacial score (nSPS) is 25.9. The van der Waals surface area contributed by atoms with Crippen LogP contribution in [-0.4, -0.2) is 53.2 Å². The largest absolute Gasteiger partial charge is 0.469 e. The van der Waals surface area contributed by atoms with Gasteiger partial charge in [0.2, 0.25) is 0 Å². The van der Waals surface area contributed by atoms with E-state index in [2.05, 4.69) is 19.5 Å². The topological polar surface area (TPSA) is 166 Å². The first-order chi connectivity index (χ1) is 10.3. The fraction of sp³-hybridized carbons (Fsp3) is 0.500. The van der Waals surface area contributed by atoms with Crippen molar-refractivity contribution in [3.8, 4) is 0 Å². The molecule has 1 aliphatic heterocycles. The molecule has 0 radical (unpaired) electrons. The summed E-state index contributed by atoms with van der Waals surface area (Å²) in [5.41, 5.74) is 6.47. The van der Waals surface area contributed by atoms with Gasteiger partial charge >= 0.3 is 7.82 Å². The van der Waals surface area contributed by atoms with Gasteiger partial charge in [-0.3, -0.25) is 9.09 Å². The quantitative estimate of drug-likeness (QED) is 0.519. The molecule has 0 amide bonds. The standard InChI is InChI=1S/C10H14N5O6P/c11-8-7-9(13-3-12-8)15(4-14-7)10-6(16)1-5(21-10)2-20-22(17,18)19/h3-6,10,16H,1-2H2,(H2,11,12,13)(H2,17,18,19)/t5-,6+,10+/m0/s1. The first-order valence-electron chi connectivity index (χ1n) is 6.32. The van der Waals surface area contributed by atoms with Crippen molar-refractivity contribution in [2.45, 2.75) is 24.9 Å². The van der Waals surface area contributed by atoms with Gasteiger partial charge in [-0.2, -0.15) is 0 Å². The Morgan fingerprint density at radius 1 is 1.45 bits per heavy atom. The third-order valence-corrected chi connectivity index (χ3v) is 3.74. The van der Waals surface area contributed by atoms with E-state index in [4.69, 9.17) is 20.3 Å². The van der Waals surface area contributed by atoms with Gasteiger partial charge in [-0.05, 0) is 0 Å². The van der Waals surface area contributed by atoms with Gasteiger partial charge < -0.3 is 25.4 Å². The number of aromatic nitrogens is 4. The minimum Gasteiger partial charge on any atom is -0.388 e. The molecule has 2 aromatic heterocycles. The van der Waals surface area contributed by atoms with Crippen LogP contribution in [0, 0.1) is 0 Å². The van der Waals surface area contributed by atoms with Crippen LogP contribution in [0.3, 0.4) is 0 Å². The van der Waals surface area contributed by atoms with E-state index in [-0.39, 0.29) is 18.8 Å². The molecule has 0 aromatic carbocycles. The van der Waals surface area contributed by atoms with Crippen LogP contribution in [0.15, 0.2) is 12.7 Å². The number of nitrogen functional groups attached to an aromatic ring is 1. The van der Waals surface area contributed by atoms with E-state index in [0.717, 1.165) is 0 Å². The van der Waals surface area contributed by atoms with E-state index >= 15 is 0 Å². The van der Waals surface area contributed by atoms with Crippen molar-refractivity contribution >= 4 is 24.8 Å². The molecule has 0 aliphatic carbocycles. The highest BCUT2D eigenvalue weighted by Gasteiger charge is 2.37. The molecule has 0 saturated carbocycles. The monoisotopic (exact) mass is 331 g/mol. The van der Waals surface area contributed by atoms with Gasteiger partial charge in [0.05, 0.1) is 19.0 Å². The third kappa shape index (κ3) is 2.95. The number of phosphoric ester groups is 1. The molecule has 0 spiro atoms. The van der Waals surface area contributed by atoms with E-state index in [9.17, 15) is 9.67 Å². The minimum absolute atomic E-state index is 0.158. The summed E-state index contributed by atoms with van der Waals surface area (Å²) in [5.74, 6) is 0.206. The van der Waals surface area contributed by atoms with E-state index in [1.54, 1.807) is 0 Å². The van der Waals surface area contributed by atoms with Gasteiger partial charge in [-0.1, -0.05) is 0 Å². The lowest BCUT2D eigenvalue weighted by atomic mass is 10.2. The van der Waals surface area contributed by atoms with Crippen molar-refractivity contribution in [3.63, 3.8) is 0 Å². The molecule has 5 N–H and O–H groups in total. The van der Waals surface area contributed by atoms with Crippen molar-refractivity contribution in [2.75, 3.05) is 12.3 Å². The first-order valence-corrected chi connectivity index (χ1v) is 7.85. The average molecular weight is 331 g/mol. The molecule has 3 atom stereocenters. The molecule has 12 heteroatoms. The highest BCUT2D eigenvalue weighted by atomic mass is 31.2. The summed E-state index contributed by atoms with van der Waals surface area (Å²) >= 11 is 0. The Morgan fingerprint density at radius 2 is 2.23 bits per heavy atom. The van der Waals surface area contributed by atoms with Crippen molar-refractivity contribution in [2.24, 2.45) is 0 Å². The van der Waals surface area contributed by atoms with Crippen molar-refractivity contribution < 1.29 is 28.7 Å². The number of aliphatic hydroxyl groups excluding tert-OH is 1. The molecule has 1 aliphatic rings. The third-order valence-electron chi connectivity index (χ3n) is 3.26. The molecule has 0 unspecified atom stereocenters. The minimum atomic E-state index is -4.58. The smallest absolute Gasteiger partial charge is 0.388 e. The maximum Gasteiger partial charge on any atom is 0.469 e. The molecule has 22 heavy (non-hydrogen) atoms. The fourth-order valence-electron chi connectivity index (χ4n) is 2.32. The second-order valence-corrected chi connectivity index (χ2v) is 6.06. The molecular weight excluding hydrogens is 317 g/mol. The van der Waals surface area contributed by atoms with Crippen LogP contribution >= 0.6 is 7.82 Å². The van der Waals surface area contributed by atoms with E-state index in [1.165, 1.54) is 17.2 Å². The van der Waals surface area contributed by atoms with Gasteiger partial charge in [0.25, 0.3) is 0 Å². The van der Waals surface area contributed by atoms with Crippen LogP contribution < -0.4 is 5.73 Å². The summed E-state index contributed by atoms with van der Waals surface area (Å²) in [7, 11) is -4.58. The summed E-state index contributed by atoms with van der Waals surface area (Å²) in [6, 6.07) is 0. The molecule has 11 nitrogen and oxygen atoms in total. The zero-order chi connectivity index (χ0) is 15.9. The number of fused-ring (bicyclic) bond motifs is 1. The van der Waals surface area contributed by atoms with Gasteiger partial charge in [0, 0.05) is 6.42 Å². The zero-order valence-electron chi connectivity index (χ0n) is 11.2. The number of aliphatic hydroxyl groups is 1.